The maximum Gasteiger partial charge on any atom is 0.333 e. The third-order valence-corrected chi connectivity index (χ3v) is 2.70. The van der Waals surface area contributed by atoms with Gasteiger partial charge < -0.3 is 0 Å². The summed E-state index contributed by atoms with van der Waals surface area (Å²) < 4.78 is 33.3. The van der Waals surface area contributed by atoms with Gasteiger partial charge in [-0.05, 0) is 6.07 Å². The molecule has 0 aliphatic rings. The molecule has 0 aliphatic carbocycles. The Morgan fingerprint density at radius 3 is 2.36 bits per heavy atom. The van der Waals surface area contributed by atoms with Gasteiger partial charge in [-0.25, -0.2) is 0 Å². The summed E-state index contributed by atoms with van der Waals surface area (Å²) in [6.07, 6.45) is 0. The SMILES string of the molecule is O=[N+]([O-])c1ccc(S(=O)(=O)F)c(Cl)c1. The Morgan fingerprint density at radius 2 is 2.00 bits per heavy atom. The quantitative estimate of drug-likeness (QED) is 0.449. The van der Waals surface area contributed by atoms with Crippen LogP contribution >= 0.6 is 11.6 Å². The Kier molecular flexibility index (Phi) is 2.72. The summed E-state index contributed by atoms with van der Waals surface area (Å²) in [5.74, 6) is 0. The van der Waals surface area contributed by atoms with Crippen LogP contribution in [0.4, 0.5) is 9.57 Å². The number of benzene rings is 1. The van der Waals surface area contributed by atoms with Crippen LogP contribution in [0.5, 0.6) is 0 Å². The molecule has 0 bridgehead atoms. The first-order valence-electron chi connectivity index (χ1n) is 3.21. The molecule has 14 heavy (non-hydrogen) atoms. The van der Waals surface area contributed by atoms with Crippen molar-refractivity contribution in [3.05, 3.63) is 33.3 Å². The minimum absolute atomic E-state index is 0.401. The van der Waals surface area contributed by atoms with E-state index in [1.807, 2.05) is 0 Å². The molecule has 8 heteroatoms. The van der Waals surface area contributed by atoms with Gasteiger partial charge in [0.1, 0.15) is 4.90 Å². The molecule has 0 aliphatic heterocycles. The highest BCUT2D eigenvalue weighted by Gasteiger charge is 2.19. The molecule has 0 saturated heterocycles. The van der Waals surface area contributed by atoms with Gasteiger partial charge >= 0.3 is 10.2 Å². The summed E-state index contributed by atoms with van der Waals surface area (Å²) in [7, 11) is -4.93. The topological polar surface area (TPSA) is 77.3 Å². The average molecular weight is 240 g/mol. The van der Waals surface area contributed by atoms with E-state index in [1.54, 1.807) is 0 Å². The fourth-order valence-electron chi connectivity index (χ4n) is 0.801. The highest BCUT2D eigenvalue weighted by molar-refractivity contribution is 7.86. The fraction of sp³-hybridized carbons (Fsp3) is 0. The van der Waals surface area contributed by atoms with Gasteiger partial charge in [0.2, 0.25) is 0 Å². The highest BCUT2D eigenvalue weighted by atomic mass is 35.5. The Labute approximate surface area is 83.5 Å². The Morgan fingerprint density at radius 1 is 1.43 bits per heavy atom. The molecular formula is C6H3ClFNO4S. The fourth-order valence-corrected chi connectivity index (χ4v) is 1.77. The van der Waals surface area contributed by atoms with E-state index in [4.69, 9.17) is 11.6 Å². The van der Waals surface area contributed by atoms with E-state index in [-0.39, 0.29) is 0 Å². The second-order valence-corrected chi connectivity index (χ2v) is 4.03. The molecule has 0 fully saturated rings. The molecule has 5 nitrogen and oxygen atoms in total. The Hall–Kier alpha value is -1.21. The maximum atomic E-state index is 12.4. The predicted molar refractivity (Wildman–Crippen MR) is 46.4 cm³/mol. The molecule has 1 aromatic carbocycles. The summed E-state index contributed by atoms with van der Waals surface area (Å²) >= 11 is 5.33. The number of hydrogen-bond donors (Lipinski definition) is 0. The van der Waals surface area contributed by atoms with Crippen LogP contribution < -0.4 is 0 Å². The van der Waals surface area contributed by atoms with Crippen LogP contribution in [0.1, 0.15) is 0 Å². The first-order chi connectivity index (χ1) is 6.32. The zero-order valence-electron chi connectivity index (χ0n) is 6.48. The van der Waals surface area contributed by atoms with Crippen LogP contribution in [0.25, 0.3) is 0 Å². The minimum atomic E-state index is -4.93. The number of rotatable bonds is 2. The van der Waals surface area contributed by atoms with E-state index in [2.05, 4.69) is 0 Å². The lowest BCUT2D eigenvalue weighted by Crippen LogP contribution is -1.95. The third kappa shape index (κ3) is 2.18. The lowest BCUT2D eigenvalue weighted by Gasteiger charge is -1.97. The number of nitrogens with zero attached hydrogens (tertiary/aromatic N) is 1. The molecule has 0 spiro atoms. The number of hydrogen-bond acceptors (Lipinski definition) is 4. The van der Waals surface area contributed by atoms with Gasteiger partial charge in [-0.1, -0.05) is 11.6 Å². The minimum Gasteiger partial charge on any atom is -0.258 e. The molecule has 76 valence electrons. The second-order valence-electron chi connectivity index (χ2n) is 2.31. The van der Waals surface area contributed by atoms with Gasteiger partial charge in [-0.15, -0.1) is 3.89 Å². The Balaban J connectivity index is 3.35. The molecule has 1 rings (SSSR count). The molecule has 0 amide bonds. The molecule has 0 N–H and O–H groups in total. The van der Waals surface area contributed by atoms with Crippen LogP contribution in [0.15, 0.2) is 23.1 Å². The number of non-ortho nitro benzene ring substituents is 1. The van der Waals surface area contributed by atoms with Crippen molar-refractivity contribution in [3.8, 4) is 0 Å². The highest BCUT2D eigenvalue weighted by Crippen LogP contribution is 2.27. The summed E-state index contributed by atoms with van der Waals surface area (Å²) in [5, 5.41) is 9.71. The summed E-state index contributed by atoms with van der Waals surface area (Å²) in [4.78, 5) is 8.68. The monoisotopic (exact) mass is 239 g/mol. The molecular weight excluding hydrogens is 237 g/mol. The van der Waals surface area contributed by atoms with Crippen molar-refractivity contribution < 1.29 is 17.2 Å². The zero-order valence-corrected chi connectivity index (χ0v) is 8.05. The number of nitro benzene ring substituents is 1. The summed E-state index contributed by atoms with van der Waals surface area (Å²) in [6.45, 7) is 0. The van der Waals surface area contributed by atoms with E-state index in [1.165, 1.54) is 0 Å². The van der Waals surface area contributed by atoms with Crippen LogP contribution in [0, 0.1) is 10.1 Å². The van der Waals surface area contributed by atoms with Crippen LogP contribution in [0.2, 0.25) is 5.02 Å². The van der Waals surface area contributed by atoms with E-state index < -0.39 is 30.8 Å². The van der Waals surface area contributed by atoms with Crippen molar-refractivity contribution in [3.63, 3.8) is 0 Å². The van der Waals surface area contributed by atoms with Gasteiger partial charge in [0.05, 0.1) is 9.95 Å². The van der Waals surface area contributed by atoms with E-state index >= 15 is 0 Å². The third-order valence-electron chi connectivity index (χ3n) is 1.39. The normalized spacial score (nSPS) is 11.3. The molecule has 0 saturated carbocycles. The van der Waals surface area contributed by atoms with Gasteiger partial charge in [-0.3, -0.25) is 10.1 Å². The van der Waals surface area contributed by atoms with Gasteiger partial charge in [0.25, 0.3) is 5.69 Å². The van der Waals surface area contributed by atoms with Gasteiger partial charge in [0.15, 0.2) is 0 Å². The molecule has 0 heterocycles. The molecule has 0 aromatic heterocycles. The molecule has 0 radical (unpaired) electrons. The standard InChI is InChI=1S/C6H3ClFNO4S/c7-5-3-4(9(10)11)1-2-6(5)14(8,12)13/h1-3H. The van der Waals surface area contributed by atoms with Crippen molar-refractivity contribution >= 4 is 27.5 Å². The van der Waals surface area contributed by atoms with E-state index in [0.717, 1.165) is 18.2 Å². The van der Waals surface area contributed by atoms with Gasteiger partial charge in [-0.2, -0.15) is 8.42 Å². The lowest BCUT2D eigenvalue weighted by molar-refractivity contribution is -0.384. The maximum absolute atomic E-state index is 12.4. The Bertz CT molecular complexity index is 487. The van der Waals surface area contributed by atoms with Crippen molar-refractivity contribution in [1.29, 1.82) is 0 Å². The van der Waals surface area contributed by atoms with E-state index in [9.17, 15) is 22.4 Å². The lowest BCUT2D eigenvalue weighted by atomic mass is 10.3. The van der Waals surface area contributed by atoms with Crippen LogP contribution in [-0.4, -0.2) is 13.3 Å². The van der Waals surface area contributed by atoms with Crippen molar-refractivity contribution in [2.75, 3.05) is 0 Å². The predicted octanol–water partition coefficient (Wildman–Crippen LogP) is 1.91. The molecule has 1 aromatic rings. The summed E-state index contributed by atoms with van der Waals surface area (Å²) in [6, 6.07) is 2.38. The first-order valence-corrected chi connectivity index (χ1v) is 4.97. The van der Waals surface area contributed by atoms with Crippen LogP contribution in [-0.2, 0) is 10.2 Å². The van der Waals surface area contributed by atoms with Crippen molar-refractivity contribution in [2.45, 2.75) is 4.90 Å². The van der Waals surface area contributed by atoms with Crippen molar-refractivity contribution in [2.24, 2.45) is 0 Å². The number of halogens is 2. The summed E-state index contributed by atoms with van der Waals surface area (Å²) in [5.41, 5.74) is -0.401. The van der Waals surface area contributed by atoms with E-state index in [0.29, 0.717) is 0 Å². The van der Waals surface area contributed by atoms with Crippen molar-refractivity contribution in [1.82, 2.24) is 0 Å². The van der Waals surface area contributed by atoms with Gasteiger partial charge in [0, 0.05) is 12.1 Å². The molecule has 0 unspecified atom stereocenters. The largest absolute Gasteiger partial charge is 0.333 e. The average Bonchev–Trinajstić information content (AvgIpc) is 2.01. The van der Waals surface area contributed by atoms with Crippen LogP contribution in [0.3, 0.4) is 0 Å². The second kappa shape index (κ2) is 3.50. The first kappa shape index (κ1) is 10.9. The molecule has 0 atom stereocenters. The number of nitro groups is 1. The zero-order chi connectivity index (χ0) is 10.9. The smallest absolute Gasteiger partial charge is 0.258 e.